The maximum absolute atomic E-state index is 11.9. The minimum atomic E-state index is -2.81. The van der Waals surface area contributed by atoms with E-state index >= 15 is 0 Å². The van der Waals surface area contributed by atoms with Gasteiger partial charge >= 0.3 is 60.0 Å². The number of rotatable bonds is 47. The van der Waals surface area contributed by atoms with E-state index in [0.29, 0.717) is 55.8 Å². The van der Waals surface area contributed by atoms with Crippen molar-refractivity contribution in [3.63, 3.8) is 0 Å². The number of fused-ring (bicyclic) bond motifs is 2. The molecular weight excluding hydrogens is 1300 g/mol. The molecule has 4 unspecified atom stereocenters. The Labute approximate surface area is 582 Å². The van der Waals surface area contributed by atoms with Gasteiger partial charge in [-0.05, 0) is 171 Å². The van der Waals surface area contributed by atoms with E-state index in [1.54, 1.807) is 21.3 Å². The van der Waals surface area contributed by atoms with Crippen molar-refractivity contribution in [1.82, 2.24) is 0 Å². The van der Waals surface area contributed by atoms with Gasteiger partial charge in [-0.3, -0.25) is 0 Å². The number of ether oxygens (including phenoxy) is 4. The predicted molar refractivity (Wildman–Crippen MR) is 385 cm³/mol. The monoisotopic (exact) mass is 1430 g/mol. The third-order valence-electron chi connectivity index (χ3n) is 17.5. The van der Waals surface area contributed by atoms with Gasteiger partial charge in [-0.25, -0.2) is 19.2 Å². The first-order valence-corrected chi connectivity index (χ1v) is 43.8. The number of aliphatic hydroxyl groups excluding tert-OH is 4. The molecule has 551 valence electrons. The van der Waals surface area contributed by atoms with Crippen molar-refractivity contribution >= 4 is 65.8 Å². The van der Waals surface area contributed by atoms with E-state index in [1.807, 2.05) is 12.2 Å². The van der Waals surface area contributed by atoms with E-state index in [0.717, 1.165) is 68.9 Å². The van der Waals surface area contributed by atoms with Crippen molar-refractivity contribution in [3.05, 3.63) is 85.1 Å². The standard InChI is InChI=1S/C39H70O10Si2.C15H30O10Si2.C8H14.C7H10.BH2N2/c1-44-50(34-40,35-41)31-21-29-48-38(42)25-19-15-11-7-5-9-13-17-23-36-27-28-37(33-36)24-18-14-10-6-8-12-16-20-26-39(43)49-30-22-32-51(45-2,46-3)47-4;1-20-26(12-16,13-17)10-5-8-24-14(18)6-7-15(19)25-9-11-27(21-2,22-3)23-4;1-2-4-6-8-7-5-3-1;1-2-7-4-3-6(1)5-7;1-3-2/h17-20,23-26,36-37,40-41H,5-16,21-22,27-35H2,1-4H3;6-7,16-17H,5,8-13H2,1-4H3;1-2H,3-8H2;1-2,6-7H,3-5H2;2H2/b;7-6+;;;. The summed E-state index contributed by atoms with van der Waals surface area (Å²) in [6.45, 7) is 0.697. The second kappa shape index (κ2) is 61.0. The molecule has 0 saturated heterocycles. The average molecular weight is 1430 g/mol. The van der Waals surface area contributed by atoms with Gasteiger partial charge < -0.3 is 74.8 Å². The molecule has 0 heterocycles. The normalized spacial score (nSPS) is 17.9. The molecule has 4 rings (SSSR count). The molecule has 0 aromatic heterocycles. The molecule has 0 aromatic rings. The Morgan fingerprint density at radius 2 is 0.760 bits per heavy atom. The van der Waals surface area contributed by atoms with E-state index in [2.05, 4.69) is 67.1 Å². The molecule has 27 heteroatoms. The fourth-order valence-corrected chi connectivity index (χ4v) is 17.6. The zero-order valence-electron chi connectivity index (χ0n) is 59.9. The number of carbonyl (C=O) groups excluding carboxylic acids is 4. The van der Waals surface area contributed by atoms with Gasteiger partial charge in [0.05, 0.1) is 57.4 Å². The van der Waals surface area contributed by atoms with E-state index in [4.69, 9.17) is 54.4 Å². The van der Waals surface area contributed by atoms with Crippen LogP contribution in [0.25, 0.3) is 0 Å². The zero-order chi connectivity index (χ0) is 71.3. The van der Waals surface area contributed by atoms with Crippen LogP contribution in [0.4, 0.5) is 0 Å². The van der Waals surface area contributed by atoms with Crippen LogP contribution < -0.4 is 5.84 Å². The van der Waals surface area contributed by atoms with Gasteiger partial charge in [-0.15, -0.1) is 0 Å². The summed E-state index contributed by atoms with van der Waals surface area (Å²) in [5, 5.41) is 39.9. The number of esters is 4. The predicted octanol–water partition coefficient (Wildman–Crippen LogP) is 11.3. The summed E-state index contributed by atoms with van der Waals surface area (Å²) >= 11 is 0. The Kier molecular flexibility index (Phi) is 58.5. The van der Waals surface area contributed by atoms with E-state index in [-0.39, 0.29) is 62.7 Å². The molecule has 0 amide bonds. The summed E-state index contributed by atoms with van der Waals surface area (Å²) < 4.78 is 62.6. The molecule has 22 nitrogen and oxygen atoms in total. The summed E-state index contributed by atoms with van der Waals surface area (Å²) in [5.74, 6) is 5.62. The summed E-state index contributed by atoms with van der Waals surface area (Å²) in [4.78, 5) is 46.9. The Hall–Kier alpha value is -3.89. The zero-order valence-corrected chi connectivity index (χ0v) is 63.9. The maximum atomic E-state index is 11.9. The molecule has 0 spiro atoms. The molecule has 1 radical (unpaired) electrons. The van der Waals surface area contributed by atoms with Crippen molar-refractivity contribution in [1.29, 1.82) is 0 Å². The van der Waals surface area contributed by atoms with Crippen molar-refractivity contribution in [3.8, 4) is 0 Å². The van der Waals surface area contributed by atoms with Crippen LogP contribution in [0.5, 0.6) is 0 Å². The molecule has 6 N–H and O–H groups in total. The van der Waals surface area contributed by atoms with Gasteiger partial charge in [0.1, 0.15) is 0 Å². The van der Waals surface area contributed by atoms with Crippen LogP contribution in [0.2, 0.25) is 24.2 Å². The van der Waals surface area contributed by atoms with Crippen molar-refractivity contribution < 1.29 is 94.0 Å². The number of hydrogen-bond donors (Lipinski definition) is 5. The molecule has 2 saturated carbocycles. The van der Waals surface area contributed by atoms with Gasteiger partial charge in [-0.2, -0.15) is 0 Å². The summed E-state index contributed by atoms with van der Waals surface area (Å²) in [5.41, 5.74) is 0. The molecule has 0 aliphatic heterocycles. The summed E-state index contributed by atoms with van der Waals surface area (Å²) in [7, 11) is 5.84. The van der Waals surface area contributed by atoms with Gasteiger partial charge in [0.15, 0.2) is 0 Å². The third kappa shape index (κ3) is 45.7. The van der Waals surface area contributed by atoms with E-state index in [9.17, 15) is 39.6 Å². The molecule has 96 heavy (non-hydrogen) atoms. The topological polar surface area (TPSA) is 298 Å². The number of carbonyl (C=O) groups is 4. The van der Waals surface area contributed by atoms with Gasteiger partial charge in [0.2, 0.25) is 16.6 Å². The molecule has 4 aliphatic rings. The van der Waals surface area contributed by atoms with Crippen molar-refractivity contribution in [2.75, 3.05) is 108 Å². The van der Waals surface area contributed by atoms with E-state index in [1.165, 1.54) is 157 Å². The Morgan fingerprint density at radius 3 is 1.08 bits per heavy atom. The fourth-order valence-electron chi connectivity index (χ4n) is 11.1. The number of allylic oxidation sites excluding steroid dienone is 10. The first-order valence-electron chi connectivity index (χ1n) is 34.8. The van der Waals surface area contributed by atoms with Gasteiger partial charge in [0.25, 0.3) is 0 Å². The van der Waals surface area contributed by atoms with Crippen LogP contribution in [0.1, 0.15) is 173 Å². The van der Waals surface area contributed by atoms with Gasteiger partial charge in [-0.1, -0.05) is 99.3 Å². The SMILES string of the molecule is C1=CC2CCC1C2.C1=CCCCCCC1.CO[Si](CO)(CO)CCCOC(=O)/C=C/C(=O)OCC[Si](OC)(OC)OC.CO[Si](CO)(CO)CCCOC(=O)C=CCCCCCCC=CC1CCC(C=CCCCCCCC=CC(=O)OCCC[Si](OC)(OC)OC)C1.[B]=NN. The van der Waals surface area contributed by atoms with Crippen molar-refractivity contribution in [2.24, 2.45) is 34.5 Å². The van der Waals surface area contributed by atoms with Crippen LogP contribution in [-0.4, -0.2) is 194 Å². The fraction of sp³-hybridized carbons (Fsp3) is 0.739. The number of hydrogen-bond acceptors (Lipinski definition) is 22. The quantitative estimate of drug-likeness (QED) is 0.00553. The molecule has 4 atom stereocenters. The number of nitrogens with two attached hydrogens (primary N) is 1. The second-order valence-corrected chi connectivity index (χ2v) is 38.4. The Bertz CT molecular complexity index is 2060. The van der Waals surface area contributed by atoms with Crippen molar-refractivity contribution in [2.45, 2.75) is 198 Å². The Morgan fingerprint density at radius 1 is 0.427 bits per heavy atom. The van der Waals surface area contributed by atoms with E-state index < -0.39 is 46.2 Å². The van der Waals surface area contributed by atoms with Gasteiger partial charge in [0, 0.05) is 87.2 Å². The second-order valence-electron chi connectivity index (χ2n) is 24.4. The van der Waals surface area contributed by atoms with Crippen LogP contribution in [0, 0.1) is 23.7 Å². The van der Waals surface area contributed by atoms with Crippen LogP contribution in [0.3, 0.4) is 0 Å². The molecule has 0 aromatic carbocycles. The third-order valence-corrected chi connectivity index (χ3v) is 29.5. The average Bonchev–Trinajstić information content (AvgIpc) is 1.82. The summed E-state index contributed by atoms with van der Waals surface area (Å²) in [6, 6.07) is 1.89. The number of unbranched alkanes of at least 4 members (excludes halogenated alkanes) is 10. The number of nitrogens with zero attached hydrogens (tertiary/aromatic N) is 1. The first-order chi connectivity index (χ1) is 46.5. The summed E-state index contributed by atoms with van der Waals surface area (Å²) in [6.07, 6.45) is 58.8. The minimum absolute atomic E-state index is 0.0199. The van der Waals surface area contributed by atoms with Crippen LogP contribution in [0.15, 0.2) is 90.1 Å². The molecule has 2 bridgehead atoms. The Balaban J connectivity index is 0.00000163. The molecule has 2 fully saturated rings. The molecule has 4 aliphatic carbocycles. The van der Waals surface area contributed by atoms with Crippen LogP contribution >= 0.6 is 0 Å². The first kappa shape index (κ1) is 92.1. The molecular formula is C69H126BN2O20Si4. The van der Waals surface area contributed by atoms with Crippen LogP contribution in [-0.2, 0) is 73.5 Å². The number of aliphatic hydroxyl groups is 4.